The number of rotatable bonds is 8. The predicted molar refractivity (Wildman–Crippen MR) is 76.5 cm³/mol. The second kappa shape index (κ2) is 6.80. The number of aromatic nitrogens is 1. The molecule has 5 nitrogen and oxygen atoms in total. The molecule has 0 aliphatic carbocycles. The van der Waals surface area contributed by atoms with Gasteiger partial charge in [0.05, 0.1) is 6.61 Å². The third-order valence-electron chi connectivity index (χ3n) is 2.67. The summed E-state index contributed by atoms with van der Waals surface area (Å²) in [5, 5.41) is 4.27. The number of methoxy groups -OCH3 is 1. The molecule has 104 valence electrons. The van der Waals surface area contributed by atoms with Crippen LogP contribution in [0.1, 0.15) is 27.2 Å². The fourth-order valence-corrected chi connectivity index (χ4v) is 2.13. The highest BCUT2D eigenvalue weighted by Gasteiger charge is 2.20. The quantitative estimate of drug-likeness (QED) is 0.762. The molecule has 0 saturated heterocycles. The van der Waals surface area contributed by atoms with Gasteiger partial charge in [-0.15, -0.1) is 0 Å². The Morgan fingerprint density at radius 3 is 2.78 bits per heavy atom. The number of anilines is 2. The van der Waals surface area contributed by atoms with E-state index in [0.29, 0.717) is 18.2 Å². The van der Waals surface area contributed by atoms with E-state index in [1.807, 2.05) is 6.92 Å². The van der Waals surface area contributed by atoms with Crippen molar-refractivity contribution in [2.75, 3.05) is 37.9 Å². The molecule has 0 atom stereocenters. The van der Waals surface area contributed by atoms with Crippen LogP contribution in [0.2, 0.25) is 0 Å². The Hall–Kier alpha value is -1.01. The first kappa shape index (κ1) is 15.0. The van der Waals surface area contributed by atoms with Crippen LogP contribution in [0.5, 0.6) is 5.75 Å². The van der Waals surface area contributed by atoms with Crippen molar-refractivity contribution in [2.24, 2.45) is 5.41 Å². The van der Waals surface area contributed by atoms with Crippen LogP contribution < -0.4 is 15.8 Å². The summed E-state index contributed by atoms with van der Waals surface area (Å²) in [5.74, 6) is 1.13. The summed E-state index contributed by atoms with van der Waals surface area (Å²) in [6.07, 6.45) is 0.995. The van der Waals surface area contributed by atoms with Gasteiger partial charge in [-0.1, -0.05) is 13.8 Å². The zero-order chi connectivity index (χ0) is 13.6. The Morgan fingerprint density at radius 2 is 2.17 bits per heavy atom. The topological polar surface area (TPSA) is 69.4 Å². The Kier molecular flexibility index (Phi) is 5.68. The SMILES string of the molecule is CCOc1c(N)nsc1NCC(C)(C)CCOC. The standard InChI is InChI=1S/C12H23N3O2S/c1-5-17-9-10(13)15-18-11(9)14-8-12(2,3)6-7-16-4/h14H,5-8H2,1-4H3,(H2,13,15). The van der Waals surface area contributed by atoms with E-state index < -0.39 is 0 Å². The highest BCUT2D eigenvalue weighted by molar-refractivity contribution is 7.11. The van der Waals surface area contributed by atoms with Crippen LogP contribution in [0.15, 0.2) is 0 Å². The number of ether oxygens (including phenoxy) is 2. The first-order valence-corrected chi connectivity index (χ1v) is 6.88. The molecule has 0 saturated carbocycles. The number of nitrogens with two attached hydrogens (primary N) is 1. The van der Waals surface area contributed by atoms with Gasteiger partial charge in [0.15, 0.2) is 16.6 Å². The Morgan fingerprint density at radius 1 is 1.44 bits per heavy atom. The number of hydrogen-bond acceptors (Lipinski definition) is 6. The van der Waals surface area contributed by atoms with E-state index in [-0.39, 0.29) is 5.41 Å². The summed E-state index contributed by atoms with van der Waals surface area (Å²) < 4.78 is 14.7. The molecule has 0 unspecified atom stereocenters. The smallest absolute Gasteiger partial charge is 0.197 e. The molecule has 1 aromatic rings. The molecule has 0 fully saturated rings. The molecular weight excluding hydrogens is 250 g/mol. The van der Waals surface area contributed by atoms with Crippen LogP contribution in [0.4, 0.5) is 10.8 Å². The molecule has 1 aromatic heterocycles. The van der Waals surface area contributed by atoms with E-state index in [1.54, 1.807) is 7.11 Å². The molecular formula is C12H23N3O2S. The van der Waals surface area contributed by atoms with Crippen LogP contribution in [-0.2, 0) is 4.74 Å². The molecule has 0 aliphatic rings. The Labute approximate surface area is 113 Å². The van der Waals surface area contributed by atoms with Crippen LogP contribution in [0, 0.1) is 5.41 Å². The lowest BCUT2D eigenvalue weighted by Gasteiger charge is -2.24. The molecule has 1 rings (SSSR count). The second-order valence-electron chi connectivity index (χ2n) is 4.92. The second-order valence-corrected chi connectivity index (χ2v) is 5.69. The van der Waals surface area contributed by atoms with Crippen molar-refractivity contribution < 1.29 is 9.47 Å². The first-order chi connectivity index (χ1) is 8.50. The van der Waals surface area contributed by atoms with Crippen molar-refractivity contribution in [3.63, 3.8) is 0 Å². The molecule has 1 heterocycles. The fraction of sp³-hybridized carbons (Fsp3) is 0.750. The fourth-order valence-electron chi connectivity index (χ4n) is 1.48. The minimum atomic E-state index is 0.151. The number of nitrogen functional groups attached to an aromatic ring is 1. The van der Waals surface area contributed by atoms with Crippen molar-refractivity contribution in [1.29, 1.82) is 0 Å². The summed E-state index contributed by atoms with van der Waals surface area (Å²) in [6.45, 7) is 8.51. The van der Waals surface area contributed by atoms with Crippen LogP contribution >= 0.6 is 11.5 Å². The average molecular weight is 273 g/mol. The predicted octanol–water partition coefficient (Wildman–Crippen LogP) is 2.60. The molecule has 0 bridgehead atoms. The normalized spacial score (nSPS) is 11.6. The van der Waals surface area contributed by atoms with Crippen LogP contribution in [-0.4, -0.2) is 31.2 Å². The lowest BCUT2D eigenvalue weighted by molar-refractivity contribution is 0.157. The summed E-state index contributed by atoms with van der Waals surface area (Å²) in [6, 6.07) is 0. The van der Waals surface area contributed by atoms with Gasteiger partial charge in [0.2, 0.25) is 0 Å². The van der Waals surface area contributed by atoms with Gasteiger partial charge in [-0.05, 0) is 30.3 Å². The van der Waals surface area contributed by atoms with E-state index in [9.17, 15) is 0 Å². The van der Waals surface area contributed by atoms with Gasteiger partial charge in [-0.3, -0.25) is 0 Å². The minimum absolute atomic E-state index is 0.151. The van der Waals surface area contributed by atoms with Gasteiger partial charge in [-0.25, -0.2) is 0 Å². The summed E-state index contributed by atoms with van der Waals surface area (Å²) in [7, 11) is 1.72. The number of nitrogens with one attached hydrogen (secondary N) is 1. The van der Waals surface area contributed by atoms with E-state index >= 15 is 0 Å². The van der Waals surface area contributed by atoms with Gasteiger partial charge >= 0.3 is 0 Å². The zero-order valence-electron chi connectivity index (χ0n) is 11.6. The van der Waals surface area contributed by atoms with Gasteiger partial charge < -0.3 is 20.5 Å². The maximum absolute atomic E-state index is 5.76. The highest BCUT2D eigenvalue weighted by Crippen LogP contribution is 2.36. The van der Waals surface area contributed by atoms with Crippen molar-refractivity contribution in [2.45, 2.75) is 27.2 Å². The lowest BCUT2D eigenvalue weighted by atomic mass is 9.90. The molecule has 0 radical (unpaired) electrons. The molecule has 0 amide bonds. The maximum atomic E-state index is 5.76. The summed E-state index contributed by atoms with van der Waals surface area (Å²) in [5.41, 5.74) is 5.91. The summed E-state index contributed by atoms with van der Waals surface area (Å²) >= 11 is 1.34. The molecule has 6 heteroatoms. The van der Waals surface area contributed by atoms with Gasteiger partial charge in [0.25, 0.3) is 0 Å². The third-order valence-corrected chi connectivity index (χ3v) is 3.47. The molecule has 0 aliphatic heterocycles. The number of hydrogen-bond donors (Lipinski definition) is 2. The van der Waals surface area contributed by atoms with E-state index in [2.05, 4.69) is 23.5 Å². The van der Waals surface area contributed by atoms with E-state index in [0.717, 1.165) is 24.6 Å². The van der Waals surface area contributed by atoms with Crippen LogP contribution in [0.25, 0.3) is 0 Å². The molecule has 0 aromatic carbocycles. The van der Waals surface area contributed by atoms with Gasteiger partial charge in [-0.2, -0.15) is 4.37 Å². The summed E-state index contributed by atoms with van der Waals surface area (Å²) in [4.78, 5) is 0. The zero-order valence-corrected chi connectivity index (χ0v) is 12.4. The molecule has 3 N–H and O–H groups in total. The largest absolute Gasteiger partial charge is 0.487 e. The Balaban J connectivity index is 2.57. The van der Waals surface area contributed by atoms with Crippen molar-refractivity contribution >= 4 is 22.4 Å². The lowest BCUT2D eigenvalue weighted by Crippen LogP contribution is -2.24. The van der Waals surface area contributed by atoms with Crippen molar-refractivity contribution in [3.05, 3.63) is 0 Å². The monoisotopic (exact) mass is 273 g/mol. The first-order valence-electron chi connectivity index (χ1n) is 6.11. The Bertz CT molecular complexity index is 366. The third kappa shape index (κ3) is 4.34. The average Bonchev–Trinajstić information content (AvgIpc) is 2.67. The van der Waals surface area contributed by atoms with Crippen molar-refractivity contribution in [1.82, 2.24) is 4.37 Å². The van der Waals surface area contributed by atoms with Crippen LogP contribution in [0.3, 0.4) is 0 Å². The maximum Gasteiger partial charge on any atom is 0.197 e. The van der Waals surface area contributed by atoms with E-state index in [4.69, 9.17) is 15.2 Å². The minimum Gasteiger partial charge on any atom is -0.487 e. The number of nitrogens with zero attached hydrogens (tertiary/aromatic N) is 1. The molecule has 0 spiro atoms. The van der Waals surface area contributed by atoms with Gasteiger partial charge in [0.1, 0.15) is 0 Å². The molecule has 18 heavy (non-hydrogen) atoms. The highest BCUT2D eigenvalue weighted by atomic mass is 32.1. The van der Waals surface area contributed by atoms with E-state index in [1.165, 1.54) is 11.5 Å². The van der Waals surface area contributed by atoms with Gasteiger partial charge in [0, 0.05) is 20.3 Å². The van der Waals surface area contributed by atoms with Crippen molar-refractivity contribution in [3.8, 4) is 5.75 Å².